The maximum absolute atomic E-state index is 13.4. The Morgan fingerprint density at radius 2 is 2.00 bits per heavy atom. The van der Waals surface area contributed by atoms with E-state index in [2.05, 4.69) is 15.2 Å². The summed E-state index contributed by atoms with van der Waals surface area (Å²) in [6.45, 7) is 4.56. The highest BCUT2D eigenvalue weighted by Crippen LogP contribution is 2.35. The van der Waals surface area contributed by atoms with E-state index in [0.717, 1.165) is 56.8 Å². The summed E-state index contributed by atoms with van der Waals surface area (Å²) in [5, 5.41) is 3.02. The van der Waals surface area contributed by atoms with Crippen molar-refractivity contribution >= 4 is 5.91 Å². The van der Waals surface area contributed by atoms with Crippen LogP contribution in [0, 0.1) is 11.7 Å². The molecule has 2 aliphatic heterocycles. The summed E-state index contributed by atoms with van der Waals surface area (Å²) in [7, 11) is 0. The smallest absolute Gasteiger partial charge is 0.223 e. The van der Waals surface area contributed by atoms with E-state index in [1.165, 1.54) is 12.1 Å². The zero-order valence-electron chi connectivity index (χ0n) is 16.6. The number of piperidine rings is 1. The Kier molecular flexibility index (Phi) is 6.21. The molecule has 6 heteroatoms. The van der Waals surface area contributed by atoms with Crippen LogP contribution in [-0.4, -0.2) is 48.6 Å². The average molecular weight is 397 g/mol. The quantitative estimate of drug-likeness (QED) is 0.814. The highest BCUT2D eigenvalue weighted by atomic mass is 19.1. The van der Waals surface area contributed by atoms with Crippen molar-refractivity contribution in [1.29, 1.82) is 0 Å². The van der Waals surface area contributed by atoms with Gasteiger partial charge in [-0.05, 0) is 62.2 Å². The Labute approximate surface area is 171 Å². The molecular formula is C23H28FN3O2. The molecule has 2 aromatic rings. The van der Waals surface area contributed by atoms with Gasteiger partial charge in [0.05, 0.1) is 18.8 Å². The lowest BCUT2D eigenvalue weighted by Crippen LogP contribution is -2.47. The van der Waals surface area contributed by atoms with E-state index in [4.69, 9.17) is 4.74 Å². The van der Waals surface area contributed by atoms with E-state index in [0.29, 0.717) is 13.2 Å². The van der Waals surface area contributed by atoms with Crippen molar-refractivity contribution in [2.24, 2.45) is 5.92 Å². The van der Waals surface area contributed by atoms with Crippen LogP contribution in [0.25, 0.3) is 0 Å². The largest absolute Gasteiger partial charge is 0.380 e. The molecule has 0 bridgehead atoms. The lowest BCUT2D eigenvalue weighted by molar-refractivity contribution is -0.126. The molecule has 1 amide bonds. The van der Waals surface area contributed by atoms with Gasteiger partial charge in [0.2, 0.25) is 5.91 Å². The van der Waals surface area contributed by atoms with Crippen LogP contribution >= 0.6 is 0 Å². The van der Waals surface area contributed by atoms with Crippen molar-refractivity contribution in [2.75, 3.05) is 32.8 Å². The molecule has 1 N–H and O–H groups in total. The number of halogens is 1. The topological polar surface area (TPSA) is 54.5 Å². The Bertz CT molecular complexity index is 799. The fourth-order valence-corrected chi connectivity index (χ4v) is 4.46. The Balaban J connectivity index is 1.30. The molecule has 1 atom stereocenters. The van der Waals surface area contributed by atoms with E-state index < -0.39 is 0 Å². The molecule has 29 heavy (non-hydrogen) atoms. The van der Waals surface area contributed by atoms with Crippen molar-refractivity contribution in [1.82, 2.24) is 15.2 Å². The molecular weight excluding hydrogens is 369 g/mol. The first-order valence-electron chi connectivity index (χ1n) is 10.4. The van der Waals surface area contributed by atoms with Crippen LogP contribution in [0.3, 0.4) is 0 Å². The number of carbonyl (C=O) groups excluding carboxylic acids is 1. The fraction of sp³-hybridized carbons (Fsp3) is 0.478. The van der Waals surface area contributed by atoms with Crippen LogP contribution in [0.2, 0.25) is 0 Å². The molecule has 4 rings (SSSR count). The molecule has 1 aromatic carbocycles. The van der Waals surface area contributed by atoms with Gasteiger partial charge in [-0.15, -0.1) is 0 Å². The van der Waals surface area contributed by atoms with E-state index in [9.17, 15) is 9.18 Å². The SMILES string of the molecule is O=C(NCc1ccccn1)C1CCN(C[C@@]2(c3ccc(F)cc3)CCOC2)CC1. The first kappa shape index (κ1) is 20.0. The highest BCUT2D eigenvalue weighted by molar-refractivity contribution is 5.78. The minimum absolute atomic E-state index is 0.0524. The monoisotopic (exact) mass is 397 g/mol. The van der Waals surface area contributed by atoms with Gasteiger partial charge in [-0.25, -0.2) is 4.39 Å². The van der Waals surface area contributed by atoms with E-state index in [1.807, 2.05) is 30.3 Å². The number of amides is 1. The van der Waals surface area contributed by atoms with Crippen LogP contribution in [0.15, 0.2) is 48.7 Å². The van der Waals surface area contributed by atoms with Crippen molar-refractivity contribution in [3.05, 3.63) is 65.7 Å². The molecule has 3 heterocycles. The number of aromatic nitrogens is 1. The number of hydrogen-bond donors (Lipinski definition) is 1. The number of hydrogen-bond acceptors (Lipinski definition) is 4. The van der Waals surface area contributed by atoms with Crippen LogP contribution < -0.4 is 5.32 Å². The van der Waals surface area contributed by atoms with Gasteiger partial charge in [0.15, 0.2) is 0 Å². The van der Waals surface area contributed by atoms with Crippen LogP contribution in [0.1, 0.15) is 30.5 Å². The van der Waals surface area contributed by atoms with Crippen molar-refractivity contribution in [3.63, 3.8) is 0 Å². The number of benzene rings is 1. The number of carbonyl (C=O) groups is 1. The molecule has 0 saturated carbocycles. The van der Waals surface area contributed by atoms with Gasteiger partial charge < -0.3 is 15.0 Å². The van der Waals surface area contributed by atoms with Crippen molar-refractivity contribution in [2.45, 2.75) is 31.2 Å². The molecule has 0 spiro atoms. The summed E-state index contributed by atoms with van der Waals surface area (Å²) in [6, 6.07) is 12.6. The van der Waals surface area contributed by atoms with E-state index >= 15 is 0 Å². The zero-order valence-corrected chi connectivity index (χ0v) is 16.6. The minimum atomic E-state index is -0.208. The van der Waals surface area contributed by atoms with E-state index in [1.54, 1.807) is 6.20 Å². The van der Waals surface area contributed by atoms with Gasteiger partial charge in [0.25, 0.3) is 0 Å². The second kappa shape index (κ2) is 9.01. The average Bonchev–Trinajstić information content (AvgIpc) is 3.23. The number of pyridine rings is 1. The predicted octanol–water partition coefficient (Wildman–Crippen LogP) is 2.91. The summed E-state index contributed by atoms with van der Waals surface area (Å²) in [5.41, 5.74) is 1.94. The summed E-state index contributed by atoms with van der Waals surface area (Å²) in [4.78, 5) is 19.2. The number of likely N-dealkylation sites (tertiary alicyclic amines) is 1. The third kappa shape index (κ3) is 4.82. The van der Waals surface area contributed by atoms with E-state index in [-0.39, 0.29) is 23.1 Å². The molecule has 2 fully saturated rings. The molecule has 0 aliphatic carbocycles. The van der Waals surface area contributed by atoms with Crippen LogP contribution in [0.4, 0.5) is 4.39 Å². The first-order chi connectivity index (χ1) is 14.1. The highest BCUT2D eigenvalue weighted by Gasteiger charge is 2.39. The second-order valence-corrected chi connectivity index (χ2v) is 8.18. The van der Waals surface area contributed by atoms with Crippen molar-refractivity contribution in [3.8, 4) is 0 Å². The molecule has 154 valence electrons. The Hall–Kier alpha value is -2.31. The molecule has 0 radical (unpaired) electrons. The predicted molar refractivity (Wildman–Crippen MR) is 109 cm³/mol. The van der Waals surface area contributed by atoms with Gasteiger partial charge in [-0.1, -0.05) is 18.2 Å². The lowest BCUT2D eigenvalue weighted by Gasteiger charge is -2.38. The van der Waals surface area contributed by atoms with Gasteiger partial charge in [-0.3, -0.25) is 9.78 Å². The zero-order chi connectivity index (χ0) is 20.1. The van der Waals surface area contributed by atoms with Gasteiger partial charge in [0, 0.05) is 30.7 Å². The summed E-state index contributed by atoms with van der Waals surface area (Å²) < 4.78 is 19.1. The number of rotatable bonds is 6. The summed E-state index contributed by atoms with van der Waals surface area (Å²) in [5.74, 6) is -0.0374. The Morgan fingerprint density at radius 1 is 1.21 bits per heavy atom. The van der Waals surface area contributed by atoms with Gasteiger partial charge >= 0.3 is 0 Å². The number of nitrogens with one attached hydrogen (secondary N) is 1. The van der Waals surface area contributed by atoms with Crippen LogP contribution in [0.5, 0.6) is 0 Å². The fourth-order valence-electron chi connectivity index (χ4n) is 4.46. The first-order valence-corrected chi connectivity index (χ1v) is 10.4. The maximum atomic E-state index is 13.4. The number of nitrogens with zero attached hydrogens (tertiary/aromatic N) is 2. The lowest BCUT2D eigenvalue weighted by atomic mass is 9.78. The normalized spacial score (nSPS) is 23.2. The minimum Gasteiger partial charge on any atom is -0.380 e. The maximum Gasteiger partial charge on any atom is 0.223 e. The van der Waals surface area contributed by atoms with Crippen molar-refractivity contribution < 1.29 is 13.9 Å². The third-order valence-corrected chi connectivity index (χ3v) is 6.21. The molecule has 2 saturated heterocycles. The Morgan fingerprint density at radius 3 is 2.66 bits per heavy atom. The summed E-state index contributed by atoms with van der Waals surface area (Å²) in [6.07, 6.45) is 4.40. The molecule has 2 aliphatic rings. The molecule has 0 unspecified atom stereocenters. The second-order valence-electron chi connectivity index (χ2n) is 8.18. The molecule has 1 aromatic heterocycles. The van der Waals surface area contributed by atoms with Crippen LogP contribution in [-0.2, 0) is 21.5 Å². The standard InChI is InChI=1S/C23H28FN3O2/c24-20-6-4-19(5-7-20)23(10-14-29-17-23)16-27-12-8-18(9-13-27)22(28)26-15-21-3-1-2-11-25-21/h1-7,11,18H,8-10,12-17H2,(H,26,28)/t23-/m0/s1. The summed E-state index contributed by atoms with van der Waals surface area (Å²) >= 11 is 0. The third-order valence-electron chi connectivity index (χ3n) is 6.21. The molecule has 5 nitrogen and oxygen atoms in total. The van der Waals surface area contributed by atoms with Gasteiger partial charge in [-0.2, -0.15) is 0 Å². The number of ether oxygens (including phenoxy) is 1. The van der Waals surface area contributed by atoms with Gasteiger partial charge in [0.1, 0.15) is 5.82 Å².